The van der Waals surface area contributed by atoms with Gasteiger partial charge in [0.25, 0.3) is 0 Å². The zero-order valence-corrected chi connectivity index (χ0v) is 18.9. The van der Waals surface area contributed by atoms with E-state index in [0.29, 0.717) is 19.4 Å². The number of carbonyl (C=O) groups excluding carboxylic acids is 3. The van der Waals surface area contributed by atoms with Gasteiger partial charge in [0.1, 0.15) is 12.1 Å². The summed E-state index contributed by atoms with van der Waals surface area (Å²) in [5, 5.41) is 25.2. The second-order valence-electron chi connectivity index (χ2n) is 7.75. The number of aliphatic carboxylic acids is 2. The number of carbonyl (C=O) groups is 5. The molecule has 0 spiro atoms. The summed E-state index contributed by atoms with van der Waals surface area (Å²) in [6.45, 7) is -0.0582. The summed E-state index contributed by atoms with van der Waals surface area (Å²) < 4.78 is 0. The second kappa shape index (κ2) is 15.3. The summed E-state index contributed by atoms with van der Waals surface area (Å²) in [4.78, 5) is 59.2. The van der Waals surface area contributed by atoms with Crippen LogP contribution in [0.1, 0.15) is 37.7 Å². The Labute approximate surface area is 197 Å². The molecular weight excluding hydrogens is 446 g/mol. The van der Waals surface area contributed by atoms with E-state index in [-0.39, 0.29) is 19.3 Å². The first kappa shape index (κ1) is 28.5. The molecule has 9 N–H and O–H groups in total. The molecule has 3 amide bonds. The Bertz CT molecular complexity index is 834. The lowest BCUT2D eigenvalue weighted by Gasteiger charge is -2.21. The van der Waals surface area contributed by atoms with E-state index in [1.54, 1.807) is 0 Å². The summed E-state index contributed by atoms with van der Waals surface area (Å²) in [5.74, 6) is -4.56. The van der Waals surface area contributed by atoms with Crippen molar-refractivity contribution in [3.8, 4) is 0 Å². The van der Waals surface area contributed by atoms with Crippen LogP contribution in [0.15, 0.2) is 30.3 Å². The van der Waals surface area contributed by atoms with E-state index in [1.807, 2.05) is 30.3 Å². The quantitative estimate of drug-likeness (QED) is 0.140. The van der Waals surface area contributed by atoms with Crippen LogP contribution >= 0.6 is 0 Å². The van der Waals surface area contributed by atoms with Gasteiger partial charge in [0.15, 0.2) is 0 Å². The van der Waals surface area contributed by atoms with Crippen LogP contribution in [0.5, 0.6) is 0 Å². The van der Waals surface area contributed by atoms with Crippen LogP contribution in [-0.2, 0) is 30.4 Å². The molecule has 1 aromatic carbocycles. The Hall–Kier alpha value is -3.51. The van der Waals surface area contributed by atoms with Gasteiger partial charge in [0.05, 0.1) is 12.6 Å². The molecule has 3 unspecified atom stereocenters. The third-order valence-corrected chi connectivity index (χ3v) is 4.92. The highest BCUT2D eigenvalue weighted by molar-refractivity contribution is 5.92. The number of carboxylic acid groups (broad SMARTS) is 2. The highest BCUT2D eigenvalue weighted by Crippen LogP contribution is 2.05. The maximum atomic E-state index is 12.6. The minimum atomic E-state index is -1.42. The van der Waals surface area contributed by atoms with Gasteiger partial charge >= 0.3 is 11.9 Å². The Morgan fingerprint density at radius 3 is 2.15 bits per heavy atom. The van der Waals surface area contributed by atoms with Crippen molar-refractivity contribution in [3.05, 3.63) is 35.9 Å². The first-order chi connectivity index (χ1) is 16.1. The van der Waals surface area contributed by atoms with Crippen molar-refractivity contribution in [3.63, 3.8) is 0 Å². The summed E-state index contributed by atoms with van der Waals surface area (Å²) in [6.07, 6.45) is 0.765. The number of hydrogen-bond donors (Lipinski definition) is 7. The lowest BCUT2D eigenvalue weighted by Crippen LogP contribution is -2.53. The standard InChI is InChI=1S/C22H33N5O7/c23-11-5-4-8-16(21(32)27-17(22(33)34)9-10-19(29)30)26-18(28)13-25-20(31)15(24)12-14-6-2-1-3-7-14/h1-3,6-7,15-17H,4-5,8-13,23-24H2,(H,25,31)(H,26,28)(H,27,32)(H,29,30)(H,33,34). The highest BCUT2D eigenvalue weighted by atomic mass is 16.4. The normalized spacial score (nSPS) is 13.2. The molecule has 0 saturated carbocycles. The lowest BCUT2D eigenvalue weighted by atomic mass is 10.1. The van der Waals surface area contributed by atoms with Crippen molar-refractivity contribution in [1.82, 2.24) is 16.0 Å². The molecular formula is C22H33N5O7. The van der Waals surface area contributed by atoms with Crippen LogP contribution in [0.2, 0.25) is 0 Å². The molecule has 1 aromatic rings. The fourth-order valence-electron chi connectivity index (χ4n) is 3.06. The van der Waals surface area contributed by atoms with E-state index >= 15 is 0 Å². The molecule has 0 saturated heterocycles. The fourth-order valence-corrected chi connectivity index (χ4v) is 3.06. The van der Waals surface area contributed by atoms with E-state index < -0.39 is 60.8 Å². The number of nitrogens with two attached hydrogens (primary N) is 2. The third kappa shape index (κ3) is 11.4. The predicted octanol–water partition coefficient (Wildman–Crippen LogP) is -1.28. The molecule has 1 rings (SSSR count). The van der Waals surface area contributed by atoms with Crippen LogP contribution in [0.25, 0.3) is 0 Å². The number of nitrogens with one attached hydrogen (secondary N) is 3. The van der Waals surface area contributed by atoms with E-state index in [4.69, 9.17) is 16.6 Å². The van der Waals surface area contributed by atoms with Gasteiger partial charge in [-0.25, -0.2) is 4.79 Å². The maximum absolute atomic E-state index is 12.6. The van der Waals surface area contributed by atoms with Gasteiger partial charge in [-0.1, -0.05) is 30.3 Å². The molecule has 34 heavy (non-hydrogen) atoms. The van der Waals surface area contributed by atoms with Gasteiger partial charge < -0.3 is 37.6 Å². The smallest absolute Gasteiger partial charge is 0.326 e. The molecule has 12 nitrogen and oxygen atoms in total. The maximum Gasteiger partial charge on any atom is 0.326 e. The Balaban J connectivity index is 2.65. The zero-order valence-electron chi connectivity index (χ0n) is 18.9. The minimum absolute atomic E-state index is 0.182. The summed E-state index contributed by atoms with van der Waals surface area (Å²) >= 11 is 0. The molecule has 0 bridgehead atoms. The topological polar surface area (TPSA) is 214 Å². The van der Waals surface area contributed by atoms with Crippen molar-refractivity contribution >= 4 is 29.7 Å². The van der Waals surface area contributed by atoms with E-state index in [0.717, 1.165) is 5.56 Å². The van der Waals surface area contributed by atoms with Crippen LogP contribution in [0.4, 0.5) is 0 Å². The van der Waals surface area contributed by atoms with Gasteiger partial charge in [-0.3, -0.25) is 19.2 Å². The van der Waals surface area contributed by atoms with Gasteiger partial charge in [0, 0.05) is 6.42 Å². The Morgan fingerprint density at radius 2 is 1.56 bits per heavy atom. The molecule has 0 heterocycles. The fraction of sp³-hybridized carbons (Fsp3) is 0.500. The number of amides is 3. The first-order valence-electron chi connectivity index (χ1n) is 11.0. The second-order valence-corrected chi connectivity index (χ2v) is 7.75. The number of hydrogen-bond acceptors (Lipinski definition) is 7. The lowest BCUT2D eigenvalue weighted by molar-refractivity contribution is -0.143. The summed E-state index contributed by atoms with van der Waals surface area (Å²) in [5.41, 5.74) is 12.2. The van der Waals surface area contributed by atoms with Gasteiger partial charge in [-0.2, -0.15) is 0 Å². The number of benzene rings is 1. The van der Waals surface area contributed by atoms with E-state index in [1.165, 1.54) is 0 Å². The molecule has 12 heteroatoms. The molecule has 0 fully saturated rings. The van der Waals surface area contributed by atoms with Crippen LogP contribution < -0.4 is 27.4 Å². The average Bonchev–Trinajstić information content (AvgIpc) is 2.79. The monoisotopic (exact) mass is 479 g/mol. The van der Waals surface area contributed by atoms with Gasteiger partial charge in [0.2, 0.25) is 17.7 Å². The van der Waals surface area contributed by atoms with Crippen molar-refractivity contribution in [2.75, 3.05) is 13.1 Å². The van der Waals surface area contributed by atoms with Gasteiger partial charge in [-0.15, -0.1) is 0 Å². The van der Waals surface area contributed by atoms with Crippen LogP contribution in [0, 0.1) is 0 Å². The zero-order chi connectivity index (χ0) is 25.5. The number of carboxylic acids is 2. The number of rotatable bonds is 16. The number of unbranched alkanes of at least 4 members (excludes halogenated alkanes) is 1. The van der Waals surface area contributed by atoms with Crippen molar-refractivity contribution in [2.24, 2.45) is 11.5 Å². The van der Waals surface area contributed by atoms with Crippen molar-refractivity contribution in [2.45, 2.75) is 56.7 Å². The summed E-state index contributed by atoms with van der Waals surface area (Å²) in [6, 6.07) is 5.75. The predicted molar refractivity (Wildman–Crippen MR) is 122 cm³/mol. The van der Waals surface area contributed by atoms with E-state index in [2.05, 4.69) is 16.0 Å². The molecule has 3 atom stereocenters. The third-order valence-electron chi connectivity index (χ3n) is 4.92. The Morgan fingerprint density at radius 1 is 0.882 bits per heavy atom. The molecule has 0 aliphatic carbocycles. The average molecular weight is 480 g/mol. The van der Waals surface area contributed by atoms with Gasteiger partial charge in [-0.05, 0) is 44.2 Å². The molecule has 0 aliphatic rings. The SMILES string of the molecule is NCCCCC(NC(=O)CNC(=O)C(N)Cc1ccccc1)C(=O)NC(CCC(=O)O)C(=O)O. The molecule has 0 radical (unpaired) electrons. The van der Waals surface area contributed by atoms with Crippen molar-refractivity contribution < 1.29 is 34.2 Å². The highest BCUT2D eigenvalue weighted by Gasteiger charge is 2.27. The minimum Gasteiger partial charge on any atom is -0.481 e. The van der Waals surface area contributed by atoms with Crippen LogP contribution in [-0.4, -0.2) is 71.1 Å². The largest absolute Gasteiger partial charge is 0.481 e. The van der Waals surface area contributed by atoms with Crippen molar-refractivity contribution in [1.29, 1.82) is 0 Å². The summed E-state index contributed by atoms with van der Waals surface area (Å²) in [7, 11) is 0. The van der Waals surface area contributed by atoms with Crippen LogP contribution in [0.3, 0.4) is 0 Å². The first-order valence-corrected chi connectivity index (χ1v) is 11.0. The molecule has 0 aromatic heterocycles. The molecule has 188 valence electrons. The van der Waals surface area contributed by atoms with E-state index in [9.17, 15) is 29.1 Å². The Kier molecular flexibility index (Phi) is 12.9. The molecule has 0 aliphatic heterocycles.